The number of rotatable bonds is 8. The van der Waals surface area contributed by atoms with Gasteiger partial charge in [-0.3, -0.25) is 9.69 Å². The van der Waals surface area contributed by atoms with Gasteiger partial charge in [0.1, 0.15) is 6.54 Å². The fourth-order valence-corrected chi connectivity index (χ4v) is 2.21. The molecule has 0 aliphatic rings. The van der Waals surface area contributed by atoms with Crippen LogP contribution in [0.2, 0.25) is 0 Å². The minimum absolute atomic E-state index is 0.0665. The number of aliphatic carboxylic acids is 1. The summed E-state index contributed by atoms with van der Waals surface area (Å²) >= 11 is 0. The highest BCUT2D eigenvalue weighted by molar-refractivity contribution is 5.79. The molecule has 0 saturated carbocycles. The summed E-state index contributed by atoms with van der Waals surface area (Å²) < 4.78 is 0. The van der Waals surface area contributed by atoms with Gasteiger partial charge in [0.25, 0.3) is 0 Å². The Morgan fingerprint density at radius 2 is 1.76 bits per heavy atom. The number of carbonyl (C=O) groups excluding carboxylic acids is 1. The first-order valence-electron chi connectivity index (χ1n) is 7.10. The molecule has 0 aliphatic heterocycles. The Hall–Kier alpha value is -2.08. The molecule has 0 bridgehead atoms. The van der Waals surface area contributed by atoms with Gasteiger partial charge in [0.05, 0.1) is 6.04 Å². The van der Waals surface area contributed by atoms with Crippen LogP contribution in [0.25, 0.3) is 0 Å². The Kier molecular flexibility index (Phi) is 7.25. The highest BCUT2D eigenvalue weighted by Gasteiger charge is 2.18. The molecule has 1 atom stereocenters. The zero-order valence-electron chi connectivity index (χ0n) is 12.5. The lowest BCUT2D eigenvalue weighted by Gasteiger charge is -2.30. The van der Waals surface area contributed by atoms with Crippen molar-refractivity contribution in [2.24, 2.45) is 0 Å². The van der Waals surface area contributed by atoms with Gasteiger partial charge in [0.2, 0.25) is 0 Å². The Morgan fingerprint density at radius 3 is 2.29 bits per heavy atom. The maximum atomic E-state index is 11.6. The summed E-state index contributed by atoms with van der Waals surface area (Å²) in [6.45, 7) is 5.93. The van der Waals surface area contributed by atoms with Crippen molar-refractivity contribution in [2.45, 2.75) is 19.9 Å². The highest BCUT2D eigenvalue weighted by Crippen LogP contribution is 2.19. The van der Waals surface area contributed by atoms with Gasteiger partial charge in [-0.05, 0) is 18.7 Å². The van der Waals surface area contributed by atoms with E-state index in [0.29, 0.717) is 6.54 Å². The molecule has 6 heteroatoms. The predicted molar refractivity (Wildman–Crippen MR) is 81.1 cm³/mol. The van der Waals surface area contributed by atoms with Gasteiger partial charge in [-0.15, -0.1) is 0 Å². The average molecular weight is 293 g/mol. The van der Waals surface area contributed by atoms with Crippen molar-refractivity contribution in [3.63, 3.8) is 0 Å². The third kappa shape index (κ3) is 5.83. The fourth-order valence-electron chi connectivity index (χ4n) is 2.21. The summed E-state index contributed by atoms with van der Waals surface area (Å²) in [5, 5.41) is 13.6. The zero-order chi connectivity index (χ0) is 15.7. The summed E-state index contributed by atoms with van der Waals surface area (Å²) in [6, 6.07) is 9.55. The Morgan fingerprint density at radius 1 is 1.14 bits per heavy atom. The smallest absolute Gasteiger partial charge is 0.323 e. The van der Waals surface area contributed by atoms with Crippen LogP contribution in [-0.2, 0) is 4.79 Å². The van der Waals surface area contributed by atoms with Crippen LogP contribution in [-0.4, -0.2) is 48.2 Å². The summed E-state index contributed by atoms with van der Waals surface area (Å²) in [5.41, 5.74) is 1.12. The maximum absolute atomic E-state index is 11.6. The van der Waals surface area contributed by atoms with E-state index in [1.165, 1.54) is 0 Å². The van der Waals surface area contributed by atoms with E-state index >= 15 is 0 Å². The summed E-state index contributed by atoms with van der Waals surface area (Å²) in [6.07, 6.45) is 0. The molecule has 0 heterocycles. The van der Waals surface area contributed by atoms with Crippen LogP contribution in [0, 0.1) is 0 Å². The second kappa shape index (κ2) is 8.97. The van der Waals surface area contributed by atoms with Gasteiger partial charge in [0.15, 0.2) is 0 Å². The van der Waals surface area contributed by atoms with Crippen LogP contribution in [0.5, 0.6) is 0 Å². The molecule has 0 aliphatic carbocycles. The first-order chi connectivity index (χ1) is 10.1. The third-order valence-corrected chi connectivity index (χ3v) is 3.29. The number of hydrogen-bond acceptors (Lipinski definition) is 3. The normalized spacial score (nSPS) is 12.0. The number of hydrogen-bond donors (Lipinski definition) is 3. The van der Waals surface area contributed by atoms with Crippen molar-refractivity contribution in [3.8, 4) is 0 Å². The monoisotopic (exact) mass is 293 g/mol. The molecule has 1 aromatic rings. The minimum Gasteiger partial charge on any atom is -0.480 e. The Labute approximate surface area is 125 Å². The molecule has 6 nitrogen and oxygen atoms in total. The van der Waals surface area contributed by atoms with Gasteiger partial charge in [-0.1, -0.05) is 44.2 Å². The van der Waals surface area contributed by atoms with Crippen LogP contribution in [0.15, 0.2) is 30.3 Å². The van der Waals surface area contributed by atoms with Crippen molar-refractivity contribution < 1.29 is 14.7 Å². The summed E-state index contributed by atoms with van der Waals surface area (Å²) in [7, 11) is 0. The second-order valence-corrected chi connectivity index (χ2v) is 4.61. The standard InChI is InChI=1S/C15H23N3O3/c1-3-18(4-2)13(12-8-6-5-7-9-12)10-16-15(21)17-11-14(19)20/h5-9,13H,3-4,10-11H2,1-2H3,(H,19,20)(H2,16,17,21). The number of benzene rings is 1. The molecule has 0 spiro atoms. The van der Waals surface area contributed by atoms with Crippen LogP contribution >= 0.6 is 0 Å². The summed E-state index contributed by atoms with van der Waals surface area (Å²) in [5.74, 6) is -1.06. The predicted octanol–water partition coefficient (Wildman–Crippen LogP) is 1.45. The van der Waals surface area contributed by atoms with Gasteiger partial charge < -0.3 is 15.7 Å². The lowest BCUT2D eigenvalue weighted by molar-refractivity contribution is -0.135. The number of urea groups is 1. The zero-order valence-corrected chi connectivity index (χ0v) is 12.5. The number of nitrogens with one attached hydrogen (secondary N) is 2. The molecule has 1 unspecified atom stereocenters. The van der Waals surface area contributed by atoms with E-state index in [4.69, 9.17) is 5.11 Å². The van der Waals surface area contributed by atoms with Crippen molar-refractivity contribution in [1.29, 1.82) is 0 Å². The lowest BCUT2D eigenvalue weighted by atomic mass is 10.1. The number of carboxylic acids is 1. The number of nitrogens with zero attached hydrogens (tertiary/aromatic N) is 1. The Bertz CT molecular complexity index is 447. The number of likely N-dealkylation sites (N-methyl/N-ethyl adjacent to an activating group) is 1. The first-order valence-corrected chi connectivity index (χ1v) is 7.10. The molecule has 0 fully saturated rings. The Balaban J connectivity index is 2.66. The molecule has 2 amide bonds. The molecular weight excluding hydrogens is 270 g/mol. The van der Waals surface area contributed by atoms with E-state index < -0.39 is 12.0 Å². The minimum atomic E-state index is -1.06. The topological polar surface area (TPSA) is 81.7 Å². The molecule has 0 radical (unpaired) electrons. The van der Waals surface area contributed by atoms with Crippen molar-refractivity contribution >= 4 is 12.0 Å². The van der Waals surface area contributed by atoms with E-state index in [9.17, 15) is 9.59 Å². The maximum Gasteiger partial charge on any atom is 0.323 e. The second-order valence-electron chi connectivity index (χ2n) is 4.61. The van der Waals surface area contributed by atoms with E-state index in [-0.39, 0.29) is 12.6 Å². The fraction of sp³-hybridized carbons (Fsp3) is 0.467. The largest absolute Gasteiger partial charge is 0.480 e. The number of carboxylic acid groups (broad SMARTS) is 1. The third-order valence-electron chi connectivity index (χ3n) is 3.29. The molecule has 3 N–H and O–H groups in total. The van der Waals surface area contributed by atoms with Gasteiger partial charge >= 0.3 is 12.0 Å². The van der Waals surface area contributed by atoms with Crippen molar-refractivity contribution in [2.75, 3.05) is 26.2 Å². The highest BCUT2D eigenvalue weighted by atomic mass is 16.4. The molecule has 21 heavy (non-hydrogen) atoms. The van der Waals surface area contributed by atoms with E-state index in [1.54, 1.807) is 0 Å². The molecule has 0 aromatic heterocycles. The molecule has 1 aromatic carbocycles. The van der Waals surface area contributed by atoms with Gasteiger partial charge in [-0.2, -0.15) is 0 Å². The van der Waals surface area contributed by atoms with Crippen LogP contribution in [0.4, 0.5) is 4.79 Å². The molecule has 116 valence electrons. The van der Waals surface area contributed by atoms with Crippen LogP contribution in [0.1, 0.15) is 25.5 Å². The van der Waals surface area contributed by atoms with Gasteiger partial charge in [-0.25, -0.2) is 4.79 Å². The SMILES string of the molecule is CCN(CC)C(CNC(=O)NCC(=O)O)c1ccccc1. The average Bonchev–Trinajstić information content (AvgIpc) is 2.50. The van der Waals surface area contributed by atoms with E-state index in [0.717, 1.165) is 18.7 Å². The number of carbonyl (C=O) groups is 2. The molecular formula is C15H23N3O3. The number of amides is 2. The lowest BCUT2D eigenvalue weighted by Crippen LogP contribution is -2.43. The van der Waals surface area contributed by atoms with E-state index in [2.05, 4.69) is 29.4 Å². The molecule has 0 saturated heterocycles. The van der Waals surface area contributed by atoms with E-state index in [1.807, 2.05) is 30.3 Å². The van der Waals surface area contributed by atoms with Crippen LogP contribution in [0.3, 0.4) is 0 Å². The van der Waals surface area contributed by atoms with Crippen molar-refractivity contribution in [3.05, 3.63) is 35.9 Å². The van der Waals surface area contributed by atoms with Gasteiger partial charge in [0, 0.05) is 6.54 Å². The van der Waals surface area contributed by atoms with Crippen molar-refractivity contribution in [1.82, 2.24) is 15.5 Å². The van der Waals surface area contributed by atoms with Crippen LogP contribution < -0.4 is 10.6 Å². The summed E-state index contributed by atoms with van der Waals surface area (Å²) in [4.78, 5) is 24.2. The molecule has 1 rings (SSSR count). The quantitative estimate of drug-likeness (QED) is 0.677. The first kappa shape index (κ1) is 17.0.